The molecule has 0 saturated heterocycles. The fourth-order valence-electron chi connectivity index (χ4n) is 7.80. The molecule has 4 heteroatoms. The van der Waals surface area contributed by atoms with E-state index in [4.69, 9.17) is 0 Å². The van der Waals surface area contributed by atoms with Crippen LogP contribution in [0.2, 0.25) is 0 Å². The molecule has 3 N–H and O–H groups in total. The highest BCUT2D eigenvalue weighted by molar-refractivity contribution is 5.76. The van der Waals surface area contributed by atoms with E-state index in [-0.39, 0.29) is 12.5 Å². The van der Waals surface area contributed by atoms with E-state index in [0.29, 0.717) is 6.42 Å². The summed E-state index contributed by atoms with van der Waals surface area (Å²) in [6.45, 7) is 4.18. The Morgan fingerprint density at radius 3 is 1.08 bits per heavy atom. The molecule has 0 heterocycles. The zero-order valence-corrected chi connectivity index (χ0v) is 42.7. The van der Waals surface area contributed by atoms with Gasteiger partial charge in [0.2, 0.25) is 5.91 Å². The molecule has 0 aliphatic carbocycles. The average molecular weight is 901 g/mol. The van der Waals surface area contributed by atoms with Crippen molar-refractivity contribution in [2.45, 2.75) is 264 Å². The first-order chi connectivity index (χ1) is 32.2. The first kappa shape index (κ1) is 62.1. The minimum Gasteiger partial charge on any atom is -0.394 e. The average Bonchev–Trinajstić information content (AvgIpc) is 3.31. The van der Waals surface area contributed by atoms with E-state index in [9.17, 15) is 15.0 Å². The minimum absolute atomic E-state index is 0.105. The van der Waals surface area contributed by atoms with Crippen molar-refractivity contribution in [3.63, 3.8) is 0 Å². The number of hydrogen-bond acceptors (Lipinski definition) is 3. The maximum absolute atomic E-state index is 12.4. The number of carbonyl (C=O) groups is 1. The molecule has 2 unspecified atom stereocenters. The highest BCUT2D eigenvalue weighted by Gasteiger charge is 2.17. The zero-order valence-electron chi connectivity index (χ0n) is 42.7. The van der Waals surface area contributed by atoms with Crippen LogP contribution in [0.5, 0.6) is 0 Å². The van der Waals surface area contributed by atoms with E-state index in [1.807, 2.05) is 6.08 Å². The molecule has 372 valence electrons. The molecular weight excluding hydrogens is 795 g/mol. The van der Waals surface area contributed by atoms with Crippen LogP contribution in [0.1, 0.15) is 251 Å². The van der Waals surface area contributed by atoms with Gasteiger partial charge in [-0.1, -0.05) is 258 Å². The Hall–Kier alpha value is -2.95. The van der Waals surface area contributed by atoms with Gasteiger partial charge in [-0.15, -0.1) is 0 Å². The lowest BCUT2D eigenvalue weighted by molar-refractivity contribution is -0.123. The fraction of sp³-hybridized carbons (Fsp3) is 0.689. The number of aliphatic hydroxyl groups is 2. The molecular formula is C61H105NO3. The van der Waals surface area contributed by atoms with Gasteiger partial charge in [0.1, 0.15) is 0 Å². The Bertz CT molecular complexity index is 1250. The zero-order chi connectivity index (χ0) is 47.0. The summed E-state index contributed by atoms with van der Waals surface area (Å²) in [6, 6.07) is -0.669. The van der Waals surface area contributed by atoms with Gasteiger partial charge >= 0.3 is 0 Å². The summed E-state index contributed by atoms with van der Waals surface area (Å²) in [5.74, 6) is -0.105. The third-order valence-electron chi connectivity index (χ3n) is 12.0. The maximum atomic E-state index is 12.4. The summed E-state index contributed by atoms with van der Waals surface area (Å²) < 4.78 is 0. The van der Waals surface area contributed by atoms with E-state index < -0.39 is 12.1 Å². The van der Waals surface area contributed by atoms with E-state index in [1.54, 1.807) is 6.08 Å². The third kappa shape index (κ3) is 51.9. The molecule has 0 bridgehead atoms. The van der Waals surface area contributed by atoms with Gasteiger partial charge in [-0.3, -0.25) is 4.79 Å². The molecule has 65 heavy (non-hydrogen) atoms. The van der Waals surface area contributed by atoms with Crippen molar-refractivity contribution in [3.05, 3.63) is 109 Å². The lowest BCUT2D eigenvalue weighted by Crippen LogP contribution is -2.45. The van der Waals surface area contributed by atoms with Crippen molar-refractivity contribution in [1.82, 2.24) is 5.32 Å². The SMILES string of the molecule is CC/C=C\C/C=C\C/C=C\C/C=C\C/C=C\C/C=C\CCCCCCC(=O)NC(CO)C(O)/C=C/CC/C=C/CC/C=C/CCCCCCCCCCCCCCCCCCCCCC. The van der Waals surface area contributed by atoms with Crippen LogP contribution in [0.4, 0.5) is 0 Å². The Morgan fingerprint density at radius 1 is 0.385 bits per heavy atom. The van der Waals surface area contributed by atoms with Gasteiger partial charge in [-0.25, -0.2) is 0 Å². The monoisotopic (exact) mass is 900 g/mol. The molecule has 0 aliphatic heterocycles. The molecule has 4 nitrogen and oxygen atoms in total. The first-order valence-corrected chi connectivity index (χ1v) is 27.6. The summed E-state index contributed by atoms with van der Waals surface area (Å²) in [6.07, 6.45) is 83.9. The first-order valence-electron chi connectivity index (χ1n) is 27.6. The van der Waals surface area contributed by atoms with E-state index in [1.165, 1.54) is 135 Å². The smallest absolute Gasteiger partial charge is 0.220 e. The van der Waals surface area contributed by atoms with Gasteiger partial charge in [0.25, 0.3) is 0 Å². The second-order valence-corrected chi connectivity index (χ2v) is 18.2. The molecule has 0 aromatic heterocycles. The number of amides is 1. The van der Waals surface area contributed by atoms with Crippen molar-refractivity contribution in [2.24, 2.45) is 0 Å². The largest absolute Gasteiger partial charge is 0.394 e. The molecule has 0 aromatic rings. The van der Waals surface area contributed by atoms with Gasteiger partial charge in [0.15, 0.2) is 0 Å². The predicted molar refractivity (Wildman–Crippen MR) is 289 cm³/mol. The van der Waals surface area contributed by atoms with E-state index >= 15 is 0 Å². The normalized spacial score (nSPS) is 13.7. The summed E-state index contributed by atoms with van der Waals surface area (Å²) in [4.78, 5) is 12.4. The van der Waals surface area contributed by atoms with Gasteiger partial charge in [-0.05, 0) is 96.3 Å². The highest BCUT2D eigenvalue weighted by Crippen LogP contribution is 2.16. The second kappa shape index (κ2) is 55.4. The number of allylic oxidation sites excluding steroid dienone is 17. The van der Waals surface area contributed by atoms with Gasteiger partial charge in [-0.2, -0.15) is 0 Å². The lowest BCUT2D eigenvalue weighted by Gasteiger charge is -2.19. The van der Waals surface area contributed by atoms with Crippen LogP contribution in [-0.2, 0) is 4.79 Å². The molecule has 0 rings (SSSR count). The number of carbonyl (C=O) groups excluding carboxylic acids is 1. The summed E-state index contributed by atoms with van der Waals surface area (Å²) >= 11 is 0. The van der Waals surface area contributed by atoms with Gasteiger partial charge in [0, 0.05) is 6.42 Å². The predicted octanol–water partition coefficient (Wildman–Crippen LogP) is 18.3. The van der Waals surface area contributed by atoms with Gasteiger partial charge in [0.05, 0.1) is 18.8 Å². The Kier molecular flexibility index (Phi) is 52.9. The van der Waals surface area contributed by atoms with Crippen LogP contribution in [0, 0.1) is 0 Å². The lowest BCUT2D eigenvalue weighted by atomic mass is 10.0. The van der Waals surface area contributed by atoms with Gasteiger partial charge < -0.3 is 15.5 Å². The van der Waals surface area contributed by atoms with Crippen molar-refractivity contribution in [2.75, 3.05) is 6.61 Å². The van der Waals surface area contributed by atoms with Crippen molar-refractivity contribution in [1.29, 1.82) is 0 Å². The molecule has 0 aliphatic rings. The van der Waals surface area contributed by atoms with Crippen LogP contribution < -0.4 is 5.32 Å². The van der Waals surface area contributed by atoms with Crippen molar-refractivity contribution in [3.8, 4) is 0 Å². The highest BCUT2D eigenvalue weighted by atomic mass is 16.3. The number of nitrogens with one attached hydrogen (secondary N) is 1. The maximum Gasteiger partial charge on any atom is 0.220 e. The number of unbranched alkanes of at least 4 members (excludes halogenated alkanes) is 26. The Labute approximate surface area is 404 Å². The molecule has 2 atom stereocenters. The van der Waals surface area contributed by atoms with E-state index in [2.05, 4.69) is 116 Å². The standard InChI is InChI=1S/C61H105NO3/c1-3-5-7-9-11-13-15-17-19-21-23-25-27-28-29-30-31-32-33-35-36-38-40-42-44-46-48-50-52-54-56-60(64)59(58-63)62-61(65)57-55-53-51-49-47-45-43-41-39-37-34-26-24-22-20-18-16-14-12-10-8-6-4-2/h6,8,12,14,18,20,24,26,37-40,43,45-46,48,54,56,59-60,63-64H,3-5,7,9-11,13,15-17,19,21-23,25,27-36,41-42,44,47,49-53,55,57-58H2,1-2H3,(H,62,65)/b8-6-,14-12-,20-18-,26-24-,39-37-,40-38+,45-43-,48-46+,56-54+. The molecule has 1 amide bonds. The minimum atomic E-state index is -0.891. The quantitative estimate of drug-likeness (QED) is 0.0421. The number of rotatable bonds is 49. The van der Waals surface area contributed by atoms with Crippen LogP contribution in [0.15, 0.2) is 109 Å². The topological polar surface area (TPSA) is 69.6 Å². The Morgan fingerprint density at radius 2 is 0.692 bits per heavy atom. The number of hydrogen-bond donors (Lipinski definition) is 3. The molecule has 0 spiro atoms. The van der Waals surface area contributed by atoms with Crippen molar-refractivity contribution < 1.29 is 15.0 Å². The summed E-state index contributed by atoms with van der Waals surface area (Å²) in [5.41, 5.74) is 0. The summed E-state index contributed by atoms with van der Waals surface area (Å²) in [7, 11) is 0. The van der Waals surface area contributed by atoms with Crippen LogP contribution in [0.3, 0.4) is 0 Å². The molecule has 0 aromatic carbocycles. The van der Waals surface area contributed by atoms with Crippen LogP contribution >= 0.6 is 0 Å². The second-order valence-electron chi connectivity index (χ2n) is 18.2. The Balaban J connectivity index is 3.65. The molecule has 0 fully saturated rings. The van der Waals surface area contributed by atoms with Crippen LogP contribution in [0.25, 0.3) is 0 Å². The van der Waals surface area contributed by atoms with Crippen molar-refractivity contribution >= 4 is 5.91 Å². The van der Waals surface area contributed by atoms with E-state index in [0.717, 1.165) is 96.3 Å². The number of aliphatic hydroxyl groups excluding tert-OH is 2. The summed E-state index contributed by atoms with van der Waals surface area (Å²) in [5, 5.41) is 23.1. The molecule has 0 radical (unpaired) electrons. The van der Waals surface area contributed by atoms with Crippen LogP contribution in [-0.4, -0.2) is 34.9 Å². The third-order valence-corrected chi connectivity index (χ3v) is 12.0. The molecule has 0 saturated carbocycles. The fourth-order valence-corrected chi connectivity index (χ4v) is 7.80.